The molecule has 0 aliphatic heterocycles. The van der Waals surface area contributed by atoms with Crippen LogP contribution in [0.3, 0.4) is 0 Å². The van der Waals surface area contributed by atoms with Gasteiger partial charge >= 0.3 is 0 Å². The summed E-state index contributed by atoms with van der Waals surface area (Å²) >= 11 is 3.42. The van der Waals surface area contributed by atoms with Gasteiger partial charge in [-0.05, 0) is 47.3 Å². The van der Waals surface area contributed by atoms with Gasteiger partial charge in [0, 0.05) is 36.6 Å². The highest BCUT2D eigenvalue weighted by molar-refractivity contribution is 9.10. The lowest BCUT2D eigenvalue weighted by Crippen LogP contribution is -2.36. The molecule has 17 heavy (non-hydrogen) atoms. The van der Waals surface area contributed by atoms with Crippen molar-refractivity contribution in [1.82, 2.24) is 4.98 Å². The van der Waals surface area contributed by atoms with E-state index in [1.165, 1.54) is 5.56 Å². The third-order valence-corrected chi connectivity index (χ3v) is 3.85. The summed E-state index contributed by atoms with van der Waals surface area (Å²) in [5.41, 5.74) is 1.17. The van der Waals surface area contributed by atoms with Crippen molar-refractivity contribution in [2.45, 2.75) is 38.6 Å². The summed E-state index contributed by atoms with van der Waals surface area (Å²) < 4.78 is 1.01. The lowest BCUT2D eigenvalue weighted by Gasteiger charge is -2.32. The number of rotatable bonds is 2. The molecule has 2 rings (SSSR count). The van der Waals surface area contributed by atoms with E-state index in [2.05, 4.69) is 45.9 Å². The molecule has 0 bridgehead atoms. The maximum absolute atomic E-state index is 11.2. The molecule has 0 atom stereocenters. The Hall–Kier alpha value is -0.900. The minimum absolute atomic E-state index is 0.398. The molecule has 0 saturated heterocycles. The Balaban J connectivity index is 2.13. The van der Waals surface area contributed by atoms with Crippen LogP contribution >= 0.6 is 15.9 Å². The Morgan fingerprint density at radius 2 is 2.06 bits per heavy atom. The average Bonchev–Trinajstić information content (AvgIpc) is 2.29. The Morgan fingerprint density at radius 1 is 1.41 bits per heavy atom. The minimum Gasteiger partial charge on any atom is -0.356 e. The number of carbonyl (C=O) groups excluding carboxylic acids is 1. The zero-order chi connectivity index (χ0) is 12.4. The number of halogens is 1. The molecule has 0 unspecified atom stereocenters. The first kappa shape index (κ1) is 12.6. The van der Waals surface area contributed by atoms with Crippen molar-refractivity contribution in [1.29, 1.82) is 0 Å². The molecule has 4 heteroatoms. The fourth-order valence-electron chi connectivity index (χ4n) is 2.39. The summed E-state index contributed by atoms with van der Waals surface area (Å²) in [6, 6.07) is 2.52. The van der Waals surface area contributed by atoms with Gasteiger partial charge in [-0.25, -0.2) is 4.98 Å². The van der Waals surface area contributed by atoms with Crippen molar-refractivity contribution in [3.05, 3.63) is 22.3 Å². The molecule has 0 radical (unpaired) electrons. The van der Waals surface area contributed by atoms with Gasteiger partial charge < -0.3 is 4.90 Å². The fraction of sp³-hybridized carbons (Fsp3) is 0.538. The third kappa shape index (κ3) is 2.86. The van der Waals surface area contributed by atoms with Crippen molar-refractivity contribution in [3.8, 4) is 0 Å². The summed E-state index contributed by atoms with van der Waals surface area (Å²) in [4.78, 5) is 17.9. The van der Waals surface area contributed by atoms with Crippen molar-refractivity contribution in [2.24, 2.45) is 0 Å². The van der Waals surface area contributed by atoms with Crippen molar-refractivity contribution in [3.63, 3.8) is 0 Å². The maximum Gasteiger partial charge on any atom is 0.133 e. The van der Waals surface area contributed by atoms with Gasteiger partial charge in [-0.1, -0.05) is 0 Å². The lowest BCUT2D eigenvalue weighted by atomic mass is 9.93. The predicted molar refractivity (Wildman–Crippen MR) is 72.3 cm³/mol. The summed E-state index contributed by atoms with van der Waals surface area (Å²) in [6.45, 7) is 2.07. The number of nitrogens with zero attached hydrogens (tertiary/aromatic N) is 2. The number of anilines is 1. The Kier molecular flexibility index (Phi) is 3.82. The topological polar surface area (TPSA) is 33.2 Å². The molecular weight excluding hydrogens is 280 g/mol. The monoisotopic (exact) mass is 296 g/mol. The SMILES string of the molecule is Cc1cc(Br)cnc1N(C)C1CCC(=O)CC1. The first-order chi connectivity index (χ1) is 8.08. The number of ketones is 1. The van der Waals surface area contributed by atoms with Crippen LogP contribution in [0, 0.1) is 6.92 Å². The van der Waals surface area contributed by atoms with Gasteiger partial charge in [0.2, 0.25) is 0 Å². The molecule has 1 saturated carbocycles. The van der Waals surface area contributed by atoms with Gasteiger partial charge in [0.1, 0.15) is 11.6 Å². The van der Waals surface area contributed by atoms with Crippen LogP contribution in [-0.2, 0) is 4.79 Å². The van der Waals surface area contributed by atoms with E-state index < -0.39 is 0 Å². The van der Waals surface area contributed by atoms with Crippen LogP contribution in [0.5, 0.6) is 0 Å². The minimum atomic E-state index is 0.398. The van der Waals surface area contributed by atoms with E-state index in [1.54, 1.807) is 0 Å². The first-order valence-electron chi connectivity index (χ1n) is 5.94. The highest BCUT2D eigenvalue weighted by Crippen LogP contribution is 2.26. The highest BCUT2D eigenvalue weighted by atomic mass is 79.9. The quantitative estimate of drug-likeness (QED) is 0.841. The van der Waals surface area contributed by atoms with Crippen LogP contribution in [0.15, 0.2) is 16.7 Å². The van der Waals surface area contributed by atoms with E-state index in [4.69, 9.17) is 0 Å². The van der Waals surface area contributed by atoms with Crippen molar-refractivity contribution >= 4 is 27.5 Å². The average molecular weight is 297 g/mol. The second-order valence-electron chi connectivity index (χ2n) is 4.67. The van der Waals surface area contributed by atoms with E-state index in [-0.39, 0.29) is 0 Å². The van der Waals surface area contributed by atoms with Crippen LogP contribution in [-0.4, -0.2) is 23.9 Å². The van der Waals surface area contributed by atoms with E-state index in [9.17, 15) is 4.79 Å². The second kappa shape index (κ2) is 5.17. The second-order valence-corrected chi connectivity index (χ2v) is 5.59. The molecule has 3 nitrogen and oxygen atoms in total. The number of hydrogen-bond donors (Lipinski definition) is 0. The molecule has 1 aromatic rings. The number of aryl methyl sites for hydroxylation is 1. The van der Waals surface area contributed by atoms with E-state index in [0.29, 0.717) is 24.7 Å². The van der Waals surface area contributed by atoms with Crippen LogP contribution in [0.2, 0.25) is 0 Å². The van der Waals surface area contributed by atoms with Crippen molar-refractivity contribution < 1.29 is 4.79 Å². The molecule has 0 spiro atoms. The van der Waals surface area contributed by atoms with Gasteiger partial charge in [-0.2, -0.15) is 0 Å². The summed E-state index contributed by atoms with van der Waals surface area (Å²) in [7, 11) is 2.07. The number of carbonyl (C=O) groups is 1. The zero-order valence-corrected chi connectivity index (χ0v) is 11.8. The van der Waals surface area contributed by atoms with E-state index >= 15 is 0 Å². The molecule has 1 aliphatic rings. The van der Waals surface area contributed by atoms with Gasteiger partial charge in [-0.15, -0.1) is 0 Å². The third-order valence-electron chi connectivity index (χ3n) is 3.41. The summed E-state index contributed by atoms with van der Waals surface area (Å²) in [5.74, 6) is 1.42. The largest absolute Gasteiger partial charge is 0.356 e. The van der Waals surface area contributed by atoms with Crippen LogP contribution < -0.4 is 4.90 Å². The van der Waals surface area contributed by atoms with Gasteiger partial charge in [0.25, 0.3) is 0 Å². The van der Waals surface area contributed by atoms with E-state index in [0.717, 1.165) is 23.1 Å². The highest BCUT2D eigenvalue weighted by Gasteiger charge is 2.23. The predicted octanol–water partition coefficient (Wildman–Crippen LogP) is 3.10. The number of Topliss-reactive ketones (excluding diaryl/α,β-unsaturated/α-hetero) is 1. The zero-order valence-electron chi connectivity index (χ0n) is 10.2. The Bertz CT molecular complexity index is 423. The molecule has 1 aromatic heterocycles. The Morgan fingerprint density at radius 3 is 2.65 bits per heavy atom. The lowest BCUT2D eigenvalue weighted by molar-refractivity contribution is -0.120. The molecule has 0 N–H and O–H groups in total. The first-order valence-corrected chi connectivity index (χ1v) is 6.74. The number of hydrogen-bond acceptors (Lipinski definition) is 3. The normalized spacial score (nSPS) is 17.2. The maximum atomic E-state index is 11.2. The fourth-order valence-corrected chi connectivity index (χ4v) is 2.83. The van der Waals surface area contributed by atoms with Crippen molar-refractivity contribution in [2.75, 3.05) is 11.9 Å². The molecule has 1 heterocycles. The standard InChI is InChI=1S/C13H17BrN2O/c1-9-7-10(14)8-15-13(9)16(2)11-3-5-12(17)6-4-11/h7-8,11H,3-6H2,1-2H3. The smallest absolute Gasteiger partial charge is 0.133 e. The van der Waals surface area contributed by atoms with Crippen LogP contribution in [0.25, 0.3) is 0 Å². The molecule has 92 valence electrons. The van der Waals surface area contributed by atoms with E-state index in [1.807, 2.05) is 6.20 Å². The molecule has 0 amide bonds. The van der Waals surface area contributed by atoms with Crippen LogP contribution in [0.1, 0.15) is 31.2 Å². The summed E-state index contributed by atoms with van der Waals surface area (Å²) in [6.07, 6.45) is 5.15. The van der Waals surface area contributed by atoms with Gasteiger partial charge in [-0.3, -0.25) is 4.79 Å². The molecule has 0 aromatic carbocycles. The van der Waals surface area contributed by atoms with Gasteiger partial charge in [0.15, 0.2) is 0 Å². The molecule has 1 fully saturated rings. The number of aromatic nitrogens is 1. The molecular formula is C13H17BrN2O. The number of pyridine rings is 1. The molecule has 1 aliphatic carbocycles. The summed E-state index contributed by atoms with van der Waals surface area (Å²) in [5, 5.41) is 0. The van der Waals surface area contributed by atoms with Gasteiger partial charge in [0.05, 0.1) is 0 Å². The van der Waals surface area contributed by atoms with Crippen LogP contribution in [0.4, 0.5) is 5.82 Å². The Labute approximate surface area is 110 Å².